The smallest absolute Gasteiger partial charge is 0.460 e. The third-order valence-corrected chi connectivity index (χ3v) is 5.99. The SMILES string of the molecule is CCOC(=O)CCCCCC(CCC(F)(F)C(F)(F)C(F)(F)C(F)(F)C(F)(F)C(F)(F)F)(C(=O)OCC)C(=O)OCC. The molecular weight excluding hydrogens is 619 g/mol. The second-order valence-corrected chi connectivity index (χ2v) is 8.89. The van der Waals surface area contributed by atoms with Crippen molar-refractivity contribution in [2.45, 2.75) is 102 Å². The Morgan fingerprint density at radius 2 is 0.929 bits per heavy atom. The molecule has 19 heteroatoms. The quantitative estimate of drug-likeness (QED) is 0.0518. The summed E-state index contributed by atoms with van der Waals surface area (Å²) in [4.78, 5) is 36.8. The van der Waals surface area contributed by atoms with Gasteiger partial charge in [-0.05, 0) is 40.0 Å². The highest BCUT2D eigenvalue weighted by Crippen LogP contribution is 2.61. The molecule has 0 aliphatic rings. The van der Waals surface area contributed by atoms with Crippen LogP contribution in [0.25, 0.3) is 0 Å². The summed E-state index contributed by atoms with van der Waals surface area (Å²) in [6.45, 7) is 2.74. The predicted molar refractivity (Wildman–Crippen MR) is 115 cm³/mol. The minimum atomic E-state index is -8.08. The maximum Gasteiger partial charge on any atom is 0.460 e. The van der Waals surface area contributed by atoms with Crippen LogP contribution >= 0.6 is 0 Å². The van der Waals surface area contributed by atoms with Crippen molar-refractivity contribution in [3.05, 3.63) is 0 Å². The number of rotatable bonds is 18. The summed E-state index contributed by atoms with van der Waals surface area (Å²) in [5, 5.41) is 0. The summed E-state index contributed by atoms with van der Waals surface area (Å²) < 4.78 is 189. The van der Waals surface area contributed by atoms with Crippen molar-refractivity contribution in [3.8, 4) is 0 Å². The molecule has 42 heavy (non-hydrogen) atoms. The lowest BCUT2D eigenvalue weighted by Crippen LogP contribution is -2.70. The molecule has 0 aromatic carbocycles. The van der Waals surface area contributed by atoms with Gasteiger partial charge in [-0.1, -0.05) is 12.8 Å². The van der Waals surface area contributed by atoms with Crippen LogP contribution in [0.3, 0.4) is 0 Å². The lowest BCUT2D eigenvalue weighted by atomic mass is 9.76. The van der Waals surface area contributed by atoms with E-state index in [0.29, 0.717) is 0 Å². The molecule has 248 valence electrons. The van der Waals surface area contributed by atoms with Crippen molar-refractivity contribution in [1.82, 2.24) is 0 Å². The first kappa shape index (κ1) is 39.5. The Morgan fingerprint density at radius 1 is 0.500 bits per heavy atom. The molecule has 0 bridgehead atoms. The number of hydrogen-bond acceptors (Lipinski definition) is 6. The minimum absolute atomic E-state index is 0.0313. The molecule has 0 rings (SSSR count). The van der Waals surface area contributed by atoms with Gasteiger partial charge >= 0.3 is 53.7 Å². The maximum atomic E-state index is 14.5. The zero-order valence-electron chi connectivity index (χ0n) is 22.4. The molecule has 0 aromatic heterocycles. The van der Waals surface area contributed by atoms with E-state index in [-0.39, 0.29) is 32.3 Å². The van der Waals surface area contributed by atoms with Gasteiger partial charge in [0.1, 0.15) is 0 Å². The summed E-state index contributed by atoms with van der Waals surface area (Å²) in [6, 6.07) is 0. The maximum absolute atomic E-state index is 14.5. The van der Waals surface area contributed by atoms with Gasteiger partial charge in [0.2, 0.25) is 0 Å². The van der Waals surface area contributed by atoms with Gasteiger partial charge in [-0.25, -0.2) is 0 Å². The van der Waals surface area contributed by atoms with Gasteiger partial charge in [-0.2, -0.15) is 57.1 Å². The van der Waals surface area contributed by atoms with Crippen molar-refractivity contribution in [1.29, 1.82) is 0 Å². The van der Waals surface area contributed by atoms with Gasteiger partial charge in [0, 0.05) is 12.8 Å². The molecule has 0 heterocycles. The van der Waals surface area contributed by atoms with Gasteiger partial charge in [-0.3, -0.25) is 14.4 Å². The Hall–Kier alpha value is -2.50. The molecule has 6 nitrogen and oxygen atoms in total. The molecule has 0 aromatic rings. The molecular formula is C23H29F13O6. The topological polar surface area (TPSA) is 78.9 Å². The average Bonchev–Trinajstić information content (AvgIpc) is 2.84. The molecule has 0 unspecified atom stereocenters. The fourth-order valence-corrected chi connectivity index (χ4v) is 3.59. The number of alkyl halides is 13. The van der Waals surface area contributed by atoms with E-state index in [1.165, 1.54) is 6.92 Å². The largest absolute Gasteiger partial charge is 0.466 e. The van der Waals surface area contributed by atoms with Gasteiger partial charge < -0.3 is 14.2 Å². The van der Waals surface area contributed by atoms with E-state index in [9.17, 15) is 71.5 Å². The van der Waals surface area contributed by atoms with Crippen LogP contribution in [0.2, 0.25) is 0 Å². The monoisotopic (exact) mass is 648 g/mol. The van der Waals surface area contributed by atoms with E-state index < -0.39 is 91.6 Å². The number of hydrogen-bond donors (Lipinski definition) is 0. The third kappa shape index (κ3) is 7.90. The second kappa shape index (κ2) is 14.3. The van der Waals surface area contributed by atoms with Crippen LogP contribution in [-0.4, -0.2) is 73.5 Å². The standard InChI is InChI=1S/C23H29F13O6/c1-4-40-14(37)10-8-7-9-11-17(15(38)41-5-2,16(39)42-6-3)12-13-18(24,25)19(26,27)20(28,29)21(30,31)22(32,33)23(34,35)36/h4-13H2,1-3H3. The zero-order valence-corrected chi connectivity index (χ0v) is 22.4. The summed E-state index contributed by atoms with van der Waals surface area (Å²) in [5.74, 6) is -42.1. The fraction of sp³-hybridized carbons (Fsp3) is 0.870. The first-order valence-electron chi connectivity index (χ1n) is 12.3. The second-order valence-electron chi connectivity index (χ2n) is 8.89. The van der Waals surface area contributed by atoms with Crippen molar-refractivity contribution in [2.75, 3.05) is 19.8 Å². The van der Waals surface area contributed by atoms with Crippen LogP contribution in [0.1, 0.15) is 65.7 Å². The van der Waals surface area contributed by atoms with E-state index in [1.54, 1.807) is 0 Å². The Labute approximate surface area is 231 Å². The lowest BCUT2D eigenvalue weighted by molar-refractivity contribution is -0.440. The molecule has 0 saturated carbocycles. The van der Waals surface area contributed by atoms with E-state index >= 15 is 0 Å². The van der Waals surface area contributed by atoms with Crippen molar-refractivity contribution in [3.63, 3.8) is 0 Å². The molecule has 0 aliphatic carbocycles. The highest BCUT2D eigenvalue weighted by atomic mass is 19.4. The average molecular weight is 648 g/mol. The molecule has 0 spiro atoms. The van der Waals surface area contributed by atoms with E-state index in [0.717, 1.165) is 13.8 Å². The Bertz CT molecular complexity index is 901. The minimum Gasteiger partial charge on any atom is -0.466 e. The van der Waals surface area contributed by atoms with E-state index in [2.05, 4.69) is 14.2 Å². The summed E-state index contributed by atoms with van der Waals surface area (Å²) >= 11 is 0. The third-order valence-electron chi connectivity index (χ3n) is 5.99. The highest BCUT2D eigenvalue weighted by Gasteiger charge is 2.90. The Balaban J connectivity index is 6.40. The predicted octanol–water partition coefficient (Wildman–Crippen LogP) is 7.13. The molecule has 0 saturated heterocycles. The fourth-order valence-electron chi connectivity index (χ4n) is 3.59. The number of unbranched alkanes of at least 4 members (excludes halogenated alkanes) is 2. The summed E-state index contributed by atoms with van der Waals surface area (Å²) in [5.41, 5.74) is -2.96. The zero-order chi connectivity index (χ0) is 33.4. The van der Waals surface area contributed by atoms with E-state index in [1.807, 2.05) is 0 Å². The van der Waals surface area contributed by atoms with Crippen LogP contribution in [-0.2, 0) is 28.6 Å². The number of carbonyl (C=O) groups is 3. The molecule has 0 aliphatic heterocycles. The molecule has 0 radical (unpaired) electrons. The van der Waals surface area contributed by atoms with Gasteiger partial charge in [-0.15, -0.1) is 0 Å². The van der Waals surface area contributed by atoms with Gasteiger partial charge in [0.25, 0.3) is 0 Å². The summed E-state index contributed by atoms with van der Waals surface area (Å²) in [7, 11) is 0. The lowest BCUT2D eigenvalue weighted by Gasteiger charge is -2.40. The van der Waals surface area contributed by atoms with Gasteiger partial charge in [0.15, 0.2) is 5.41 Å². The van der Waals surface area contributed by atoms with Crippen LogP contribution in [0.15, 0.2) is 0 Å². The summed E-state index contributed by atoms with van der Waals surface area (Å²) in [6.07, 6.45) is -13.6. The number of ether oxygens (including phenoxy) is 3. The first-order valence-corrected chi connectivity index (χ1v) is 12.3. The number of carbonyl (C=O) groups excluding carboxylic acids is 3. The number of esters is 3. The van der Waals surface area contributed by atoms with Crippen LogP contribution in [0.4, 0.5) is 57.1 Å². The molecule has 0 N–H and O–H groups in total. The van der Waals surface area contributed by atoms with E-state index in [4.69, 9.17) is 0 Å². The first-order chi connectivity index (χ1) is 18.9. The van der Waals surface area contributed by atoms with Crippen LogP contribution < -0.4 is 0 Å². The van der Waals surface area contributed by atoms with Gasteiger partial charge in [0.05, 0.1) is 19.8 Å². The highest BCUT2D eigenvalue weighted by molar-refractivity contribution is 6.00. The Kier molecular flexibility index (Phi) is 13.5. The van der Waals surface area contributed by atoms with Crippen molar-refractivity contribution >= 4 is 17.9 Å². The Morgan fingerprint density at radius 3 is 1.33 bits per heavy atom. The normalized spacial score (nSPS) is 14.0. The van der Waals surface area contributed by atoms with Crippen LogP contribution in [0.5, 0.6) is 0 Å². The van der Waals surface area contributed by atoms with Crippen LogP contribution in [0, 0.1) is 5.41 Å². The van der Waals surface area contributed by atoms with Crippen molar-refractivity contribution in [2.24, 2.45) is 5.41 Å². The molecule has 0 atom stereocenters. The number of halogens is 13. The molecule has 0 fully saturated rings. The van der Waals surface area contributed by atoms with Crippen molar-refractivity contribution < 1.29 is 85.7 Å². The molecule has 0 amide bonds.